The number of hydrogen-bond acceptors (Lipinski definition) is 5. The van der Waals surface area contributed by atoms with Crippen LogP contribution in [0.3, 0.4) is 0 Å². The van der Waals surface area contributed by atoms with Crippen molar-refractivity contribution in [3.63, 3.8) is 0 Å². The normalized spacial score (nSPS) is 17.0. The Labute approximate surface area is 137 Å². The first kappa shape index (κ1) is 16.9. The maximum Gasteiger partial charge on any atom is 0.324 e. The van der Waals surface area contributed by atoms with Crippen molar-refractivity contribution in [3.8, 4) is 0 Å². The predicted octanol–water partition coefficient (Wildman–Crippen LogP) is 3.06. The summed E-state index contributed by atoms with van der Waals surface area (Å²) in [6, 6.07) is 5.88. The molecule has 22 heavy (non-hydrogen) atoms. The lowest BCUT2D eigenvalue weighted by atomic mass is 10.1. The van der Waals surface area contributed by atoms with Crippen LogP contribution in [0.15, 0.2) is 24.3 Å². The molecule has 1 unspecified atom stereocenters. The van der Waals surface area contributed by atoms with Crippen molar-refractivity contribution >= 4 is 27.6 Å². The fraction of sp³-hybridized carbons (Fsp3) is 0.533. The molecular weight excluding hydrogens is 352 g/mol. The van der Waals surface area contributed by atoms with Gasteiger partial charge in [-0.25, -0.2) is 0 Å². The number of rotatable bonds is 6. The van der Waals surface area contributed by atoms with Gasteiger partial charge in [0.05, 0.1) is 4.92 Å². The molecule has 0 aliphatic carbocycles. The minimum Gasteiger partial charge on any atom is -0.463 e. The minimum atomic E-state index is -0.602. The van der Waals surface area contributed by atoms with Gasteiger partial charge in [-0.2, -0.15) is 0 Å². The zero-order valence-electron chi connectivity index (χ0n) is 12.2. The number of nitro groups is 1. The van der Waals surface area contributed by atoms with Gasteiger partial charge in [-0.3, -0.25) is 19.8 Å². The monoisotopic (exact) mass is 370 g/mol. The molecule has 7 heteroatoms. The van der Waals surface area contributed by atoms with Crippen molar-refractivity contribution in [2.75, 3.05) is 26.2 Å². The Balaban J connectivity index is 1.79. The van der Waals surface area contributed by atoms with Crippen LogP contribution in [0.1, 0.15) is 29.7 Å². The first-order valence-electron chi connectivity index (χ1n) is 7.35. The van der Waals surface area contributed by atoms with E-state index in [0.29, 0.717) is 12.2 Å². The van der Waals surface area contributed by atoms with Gasteiger partial charge in [-0.15, -0.1) is 0 Å². The highest BCUT2D eigenvalue weighted by atomic mass is 79.9. The van der Waals surface area contributed by atoms with Gasteiger partial charge in [0.1, 0.15) is 11.4 Å². The fourth-order valence-electron chi connectivity index (χ4n) is 2.43. The zero-order chi connectivity index (χ0) is 15.9. The summed E-state index contributed by atoms with van der Waals surface area (Å²) in [5.41, 5.74) is 0.649. The van der Waals surface area contributed by atoms with E-state index in [2.05, 4.69) is 20.8 Å². The molecule has 1 heterocycles. The Bertz CT molecular complexity index is 515. The number of piperidine rings is 1. The number of esters is 1. The summed E-state index contributed by atoms with van der Waals surface area (Å²) in [5, 5.41) is 10.6. The highest BCUT2D eigenvalue weighted by Crippen LogP contribution is 2.26. The van der Waals surface area contributed by atoms with Gasteiger partial charge < -0.3 is 4.74 Å². The summed E-state index contributed by atoms with van der Waals surface area (Å²) in [6.45, 7) is 3.26. The van der Waals surface area contributed by atoms with Crippen LogP contribution in [0.5, 0.6) is 0 Å². The van der Waals surface area contributed by atoms with Gasteiger partial charge >= 0.3 is 5.97 Å². The number of likely N-dealkylation sites (tertiary alicyclic amines) is 1. The van der Waals surface area contributed by atoms with Gasteiger partial charge in [0.25, 0.3) is 5.69 Å². The third kappa shape index (κ3) is 4.78. The molecule has 1 fully saturated rings. The van der Waals surface area contributed by atoms with Gasteiger partial charge in [0.2, 0.25) is 0 Å². The molecule has 6 nitrogen and oxygen atoms in total. The number of non-ortho nitro benzene ring substituents is 1. The number of nitrogens with zero attached hydrogens (tertiary/aromatic N) is 2. The van der Waals surface area contributed by atoms with Crippen molar-refractivity contribution in [1.29, 1.82) is 0 Å². The molecule has 0 radical (unpaired) electrons. The molecule has 120 valence electrons. The largest absolute Gasteiger partial charge is 0.463 e. The summed E-state index contributed by atoms with van der Waals surface area (Å²) in [5.74, 6) is -0.370. The molecule has 0 spiro atoms. The van der Waals surface area contributed by atoms with Crippen LogP contribution in [-0.2, 0) is 9.53 Å². The molecule has 0 saturated carbocycles. The topological polar surface area (TPSA) is 72.7 Å². The SMILES string of the molecule is O=C(OCCN1CCCCC1)C(Br)c1ccc([N+](=O)[O-])cc1. The highest BCUT2D eigenvalue weighted by molar-refractivity contribution is 9.09. The number of ether oxygens (including phenoxy) is 1. The molecule has 0 aromatic heterocycles. The zero-order valence-corrected chi connectivity index (χ0v) is 13.8. The summed E-state index contributed by atoms with van der Waals surface area (Å²) in [6.07, 6.45) is 3.69. The van der Waals surface area contributed by atoms with E-state index in [1.807, 2.05) is 0 Å². The Morgan fingerprint density at radius 2 is 1.91 bits per heavy atom. The molecule has 1 aromatic rings. The quantitative estimate of drug-likeness (QED) is 0.333. The van der Waals surface area contributed by atoms with Crippen molar-refractivity contribution in [2.24, 2.45) is 0 Å². The Morgan fingerprint density at radius 3 is 2.50 bits per heavy atom. The third-order valence-electron chi connectivity index (χ3n) is 3.70. The Hall–Kier alpha value is -1.47. The van der Waals surface area contributed by atoms with E-state index in [1.165, 1.54) is 31.4 Å². The van der Waals surface area contributed by atoms with Crippen LogP contribution in [0.2, 0.25) is 0 Å². The van der Waals surface area contributed by atoms with E-state index in [9.17, 15) is 14.9 Å². The van der Waals surface area contributed by atoms with Crippen molar-refractivity contribution in [2.45, 2.75) is 24.1 Å². The lowest BCUT2D eigenvalue weighted by Crippen LogP contribution is -2.33. The molecule has 1 aliphatic heterocycles. The summed E-state index contributed by atoms with van der Waals surface area (Å²) in [4.78, 5) is 23.8. The summed E-state index contributed by atoms with van der Waals surface area (Å²) < 4.78 is 5.28. The smallest absolute Gasteiger partial charge is 0.324 e. The van der Waals surface area contributed by atoms with Gasteiger partial charge in [-0.1, -0.05) is 34.5 Å². The number of halogens is 1. The number of benzene rings is 1. The number of carbonyl (C=O) groups is 1. The predicted molar refractivity (Wildman–Crippen MR) is 86.0 cm³/mol. The average molecular weight is 371 g/mol. The van der Waals surface area contributed by atoms with Crippen LogP contribution < -0.4 is 0 Å². The minimum absolute atomic E-state index is 0.00177. The summed E-state index contributed by atoms with van der Waals surface area (Å²) in [7, 11) is 0. The van der Waals surface area contributed by atoms with E-state index in [4.69, 9.17) is 4.74 Å². The lowest BCUT2D eigenvalue weighted by molar-refractivity contribution is -0.384. The second-order valence-corrected chi connectivity index (χ2v) is 6.20. The third-order valence-corrected chi connectivity index (χ3v) is 4.61. The van der Waals surface area contributed by atoms with E-state index < -0.39 is 9.75 Å². The number of alkyl halides is 1. The molecule has 0 bridgehead atoms. The number of carbonyl (C=O) groups excluding carboxylic acids is 1. The molecule has 0 amide bonds. The van der Waals surface area contributed by atoms with E-state index in [0.717, 1.165) is 19.6 Å². The molecule has 1 saturated heterocycles. The van der Waals surface area contributed by atoms with Crippen LogP contribution in [0.4, 0.5) is 5.69 Å². The van der Waals surface area contributed by atoms with Crippen LogP contribution >= 0.6 is 15.9 Å². The molecule has 1 atom stereocenters. The lowest BCUT2D eigenvalue weighted by Gasteiger charge is -2.26. The molecule has 1 aliphatic rings. The van der Waals surface area contributed by atoms with Crippen LogP contribution in [-0.4, -0.2) is 42.0 Å². The Morgan fingerprint density at radius 1 is 1.27 bits per heavy atom. The van der Waals surface area contributed by atoms with Crippen molar-refractivity contribution < 1.29 is 14.5 Å². The van der Waals surface area contributed by atoms with Crippen LogP contribution in [0, 0.1) is 10.1 Å². The maximum absolute atomic E-state index is 12.0. The number of hydrogen-bond donors (Lipinski definition) is 0. The maximum atomic E-state index is 12.0. The van der Waals surface area contributed by atoms with E-state index in [-0.39, 0.29) is 11.7 Å². The van der Waals surface area contributed by atoms with Crippen LogP contribution in [0.25, 0.3) is 0 Å². The Kier molecular flexibility index (Phi) is 6.33. The average Bonchev–Trinajstić information content (AvgIpc) is 2.55. The molecule has 2 rings (SSSR count). The molecular formula is C15H19BrN2O4. The second-order valence-electron chi connectivity index (χ2n) is 5.28. The van der Waals surface area contributed by atoms with Gasteiger partial charge in [0, 0.05) is 18.7 Å². The van der Waals surface area contributed by atoms with E-state index in [1.54, 1.807) is 12.1 Å². The first-order valence-corrected chi connectivity index (χ1v) is 8.27. The molecule has 1 aromatic carbocycles. The highest BCUT2D eigenvalue weighted by Gasteiger charge is 2.20. The van der Waals surface area contributed by atoms with Crippen molar-refractivity contribution in [1.82, 2.24) is 4.90 Å². The summed E-state index contributed by atoms with van der Waals surface area (Å²) >= 11 is 3.28. The van der Waals surface area contributed by atoms with Gasteiger partial charge in [0.15, 0.2) is 0 Å². The van der Waals surface area contributed by atoms with Crippen molar-refractivity contribution in [3.05, 3.63) is 39.9 Å². The first-order chi connectivity index (χ1) is 10.6. The fourth-order valence-corrected chi connectivity index (χ4v) is 2.87. The van der Waals surface area contributed by atoms with Gasteiger partial charge in [-0.05, 0) is 31.5 Å². The standard InChI is InChI=1S/C15H19BrN2O4/c16-14(12-4-6-13(7-5-12)18(20)21)15(19)22-11-10-17-8-2-1-3-9-17/h4-7,14H,1-3,8-11H2. The number of nitro benzene ring substituents is 1. The molecule has 0 N–H and O–H groups in total. The van der Waals surface area contributed by atoms with E-state index >= 15 is 0 Å². The second kappa shape index (κ2) is 8.24.